The van der Waals surface area contributed by atoms with Gasteiger partial charge in [-0.1, -0.05) is 29.3 Å². The van der Waals surface area contributed by atoms with Gasteiger partial charge in [0.15, 0.2) is 5.82 Å². The third-order valence-electron chi connectivity index (χ3n) is 2.12. The van der Waals surface area contributed by atoms with Crippen molar-refractivity contribution in [3.63, 3.8) is 0 Å². The van der Waals surface area contributed by atoms with E-state index in [-0.39, 0.29) is 0 Å². The van der Waals surface area contributed by atoms with Crippen molar-refractivity contribution in [3.8, 4) is 0 Å². The molecule has 0 saturated carbocycles. The molecule has 0 fully saturated rings. The number of aliphatic imine (C=N–C) groups is 1. The Morgan fingerprint density at radius 1 is 1.29 bits per heavy atom. The Hall–Kier alpha value is -1.19. The van der Waals surface area contributed by atoms with Crippen molar-refractivity contribution in [3.05, 3.63) is 46.1 Å². The minimum absolute atomic E-state index is 0.536. The molecule has 86 valence electrons. The quantitative estimate of drug-likeness (QED) is 0.630. The number of isothiocyanates is 1. The first-order valence-corrected chi connectivity index (χ1v) is 5.91. The second-order valence-electron chi connectivity index (χ2n) is 3.32. The van der Waals surface area contributed by atoms with Crippen molar-refractivity contribution in [2.24, 2.45) is 4.99 Å². The average Bonchev–Trinajstić information content (AvgIpc) is 2.72. The van der Waals surface area contributed by atoms with Crippen LogP contribution in [0, 0.1) is 0 Å². The first kappa shape index (κ1) is 12.3. The van der Waals surface area contributed by atoms with Crippen LogP contribution in [0.2, 0.25) is 10.0 Å². The Morgan fingerprint density at radius 2 is 2.12 bits per heavy atom. The van der Waals surface area contributed by atoms with E-state index in [1.807, 2.05) is 18.3 Å². The number of thiocarbonyl (C=S) groups is 1. The molecule has 0 spiro atoms. The highest BCUT2D eigenvalue weighted by Crippen LogP contribution is 2.23. The van der Waals surface area contributed by atoms with Crippen molar-refractivity contribution in [1.29, 1.82) is 0 Å². The van der Waals surface area contributed by atoms with E-state index in [9.17, 15) is 0 Å². The van der Waals surface area contributed by atoms with Crippen LogP contribution in [-0.2, 0) is 6.54 Å². The van der Waals surface area contributed by atoms with Crippen LogP contribution < -0.4 is 0 Å². The summed E-state index contributed by atoms with van der Waals surface area (Å²) < 4.78 is 1.74. The van der Waals surface area contributed by atoms with Crippen LogP contribution in [0.3, 0.4) is 0 Å². The van der Waals surface area contributed by atoms with Crippen LogP contribution in [0.4, 0.5) is 5.82 Å². The maximum atomic E-state index is 5.93. The average molecular weight is 284 g/mol. The molecular formula is C11H7Cl2N3S. The van der Waals surface area contributed by atoms with E-state index in [2.05, 4.69) is 27.5 Å². The standard InChI is InChI=1S/C11H7Cl2N3S/c12-9-2-1-8(5-10(9)13)6-16-4-3-11(15-16)14-7-17/h1-5H,6H2. The summed E-state index contributed by atoms with van der Waals surface area (Å²) in [5.74, 6) is 0.542. The second-order valence-corrected chi connectivity index (χ2v) is 4.32. The third kappa shape index (κ3) is 3.14. The monoisotopic (exact) mass is 283 g/mol. The predicted molar refractivity (Wildman–Crippen MR) is 72.5 cm³/mol. The van der Waals surface area contributed by atoms with E-state index in [1.54, 1.807) is 16.8 Å². The number of nitrogens with zero attached hydrogens (tertiary/aromatic N) is 3. The number of halogens is 2. The Labute approximate surface area is 114 Å². The van der Waals surface area contributed by atoms with Crippen molar-refractivity contribution < 1.29 is 0 Å². The van der Waals surface area contributed by atoms with Gasteiger partial charge in [-0.2, -0.15) is 10.1 Å². The Kier molecular flexibility index (Phi) is 3.92. The summed E-state index contributed by atoms with van der Waals surface area (Å²) in [4.78, 5) is 3.79. The highest BCUT2D eigenvalue weighted by atomic mass is 35.5. The Bertz CT molecular complexity index is 588. The maximum Gasteiger partial charge on any atom is 0.184 e. The largest absolute Gasteiger partial charge is 0.266 e. The summed E-state index contributed by atoms with van der Waals surface area (Å²) in [6, 6.07) is 7.24. The number of rotatable bonds is 3. The van der Waals surface area contributed by atoms with Crippen LogP contribution in [0.5, 0.6) is 0 Å². The van der Waals surface area contributed by atoms with Crippen molar-refractivity contribution >= 4 is 46.4 Å². The van der Waals surface area contributed by atoms with Crippen molar-refractivity contribution in [2.75, 3.05) is 0 Å². The topological polar surface area (TPSA) is 30.2 Å². The van der Waals surface area contributed by atoms with Gasteiger partial charge in [-0.3, -0.25) is 4.68 Å². The molecule has 3 nitrogen and oxygen atoms in total. The number of benzene rings is 1. The molecule has 2 aromatic rings. The van der Waals surface area contributed by atoms with Gasteiger partial charge in [0.05, 0.1) is 21.8 Å². The molecule has 0 aliphatic heterocycles. The fourth-order valence-electron chi connectivity index (χ4n) is 1.37. The van der Waals surface area contributed by atoms with Gasteiger partial charge in [-0.05, 0) is 29.9 Å². The summed E-state index contributed by atoms with van der Waals surface area (Å²) in [5, 5.41) is 7.54. The molecule has 1 aromatic heterocycles. The van der Waals surface area contributed by atoms with Crippen LogP contribution in [0.15, 0.2) is 35.5 Å². The van der Waals surface area contributed by atoms with Gasteiger partial charge in [-0.15, -0.1) is 0 Å². The molecular weight excluding hydrogens is 277 g/mol. The zero-order chi connectivity index (χ0) is 12.3. The van der Waals surface area contributed by atoms with E-state index < -0.39 is 0 Å². The molecule has 0 N–H and O–H groups in total. The summed E-state index contributed by atoms with van der Waals surface area (Å²) in [6.07, 6.45) is 1.81. The molecule has 0 saturated heterocycles. The summed E-state index contributed by atoms with van der Waals surface area (Å²) in [7, 11) is 0. The zero-order valence-corrected chi connectivity index (χ0v) is 10.9. The smallest absolute Gasteiger partial charge is 0.184 e. The SMILES string of the molecule is S=C=Nc1ccn(Cc2ccc(Cl)c(Cl)c2)n1. The van der Waals surface area contributed by atoms with Crippen LogP contribution >= 0.6 is 35.4 Å². The van der Waals surface area contributed by atoms with Crippen LogP contribution in [0.1, 0.15) is 5.56 Å². The lowest BCUT2D eigenvalue weighted by Crippen LogP contribution is -1.99. The highest BCUT2D eigenvalue weighted by molar-refractivity contribution is 7.78. The van der Waals surface area contributed by atoms with Crippen LogP contribution in [-0.4, -0.2) is 14.9 Å². The first-order chi connectivity index (χ1) is 8.19. The number of aromatic nitrogens is 2. The molecule has 17 heavy (non-hydrogen) atoms. The fourth-order valence-corrected chi connectivity index (χ4v) is 1.78. The lowest BCUT2D eigenvalue weighted by molar-refractivity contribution is 0.688. The van der Waals surface area contributed by atoms with Gasteiger partial charge in [0.25, 0.3) is 0 Å². The molecule has 0 aliphatic rings. The molecule has 0 amide bonds. The summed E-state index contributed by atoms with van der Waals surface area (Å²) in [5.41, 5.74) is 1.01. The normalized spacial score (nSPS) is 10.0. The molecule has 0 radical (unpaired) electrons. The van der Waals surface area contributed by atoms with Crippen molar-refractivity contribution in [2.45, 2.75) is 6.54 Å². The Morgan fingerprint density at radius 3 is 2.82 bits per heavy atom. The highest BCUT2D eigenvalue weighted by Gasteiger charge is 2.02. The third-order valence-corrected chi connectivity index (χ3v) is 2.95. The summed E-state index contributed by atoms with van der Waals surface area (Å²) in [6.45, 7) is 0.601. The molecule has 1 heterocycles. The van der Waals surface area contributed by atoms with Gasteiger partial charge in [0, 0.05) is 12.3 Å². The fraction of sp³-hybridized carbons (Fsp3) is 0.0909. The molecule has 1 aromatic carbocycles. The lowest BCUT2D eigenvalue weighted by Gasteiger charge is -2.03. The van der Waals surface area contributed by atoms with Gasteiger partial charge >= 0.3 is 0 Å². The second kappa shape index (κ2) is 5.43. The Balaban J connectivity index is 2.19. The first-order valence-electron chi connectivity index (χ1n) is 4.74. The van der Waals surface area contributed by atoms with Gasteiger partial charge < -0.3 is 0 Å². The lowest BCUT2D eigenvalue weighted by atomic mass is 10.2. The molecule has 0 unspecified atom stereocenters. The molecule has 0 atom stereocenters. The van der Waals surface area contributed by atoms with Gasteiger partial charge in [0.1, 0.15) is 0 Å². The minimum atomic E-state index is 0.536. The molecule has 0 aliphatic carbocycles. The minimum Gasteiger partial charge on any atom is -0.266 e. The molecule has 0 bridgehead atoms. The number of hydrogen-bond donors (Lipinski definition) is 0. The van der Waals surface area contributed by atoms with E-state index in [0.717, 1.165) is 5.56 Å². The van der Waals surface area contributed by atoms with E-state index >= 15 is 0 Å². The maximum absolute atomic E-state index is 5.93. The van der Waals surface area contributed by atoms with Gasteiger partial charge in [0.2, 0.25) is 0 Å². The van der Waals surface area contributed by atoms with E-state index in [0.29, 0.717) is 22.4 Å². The van der Waals surface area contributed by atoms with Gasteiger partial charge in [-0.25, -0.2) is 0 Å². The molecule has 2 rings (SSSR count). The zero-order valence-electron chi connectivity index (χ0n) is 8.60. The van der Waals surface area contributed by atoms with Crippen LogP contribution in [0.25, 0.3) is 0 Å². The van der Waals surface area contributed by atoms with E-state index in [4.69, 9.17) is 23.2 Å². The molecule has 6 heteroatoms. The number of hydrogen-bond acceptors (Lipinski definition) is 3. The predicted octanol–water partition coefficient (Wildman–Crippen LogP) is 3.97. The van der Waals surface area contributed by atoms with E-state index in [1.165, 1.54) is 0 Å². The summed E-state index contributed by atoms with van der Waals surface area (Å²) >= 11 is 16.3. The van der Waals surface area contributed by atoms with Crippen molar-refractivity contribution in [1.82, 2.24) is 9.78 Å².